The van der Waals surface area contributed by atoms with Gasteiger partial charge in [-0.2, -0.15) is 0 Å². The van der Waals surface area contributed by atoms with Crippen LogP contribution in [0.1, 0.15) is 36.5 Å². The third-order valence-electron chi connectivity index (χ3n) is 3.77. The zero-order valence-corrected chi connectivity index (χ0v) is 12.7. The number of anilines is 1. The fraction of sp³-hybridized carbons (Fsp3) is 0.467. The van der Waals surface area contributed by atoms with Gasteiger partial charge in [0.15, 0.2) is 0 Å². The molecule has 1 aromatic carbocycles. The molecule has 1 fully saturated rings. The normalized spacial score (nSPS) is 19.2. The number of carboxylic acids is 1. The highest BCUT2D eigenvalue weighted by molar-refractivity contribution is 6.33. The number of aromatic carboxylic acids is 1. The van der Waals surface area contributed by atoms with E-state index in [1.54, 1.807) is 0 Å². The molecule has 5 nitrogen and oxygen atoms in total. The van der Waals surface area contributed by atoms with E-state index in [0.29, 0.717) is 23.3 Å². The topological polar surface area (TPSA) is 69.6 Å². The van der Waals surface area contributed by atoms with E-state index in [2.05, 4.69) is 17.1 Å². The summed E-state index contributed by atoms with van der Waals surface area (Å²) in [5.41, 5.74) is 0.437. The zero-order valence-electron chi connectivity index (χ0n) is 11.9. The standard InChI is InChI=1S/C15H19ClN2O3/c1-10-4-2-3-7-18(10)9-14(19)17-13-8-11(15(20)21)5-6-12(13)16/h5-6,8,10H,2-4,7,9H2,1H3,(H,17,19)(H,20,21). The molecule has 0 aromatic heterocycles. The summed E-state index contributed by atoms with van der Waals surface area (Å²) in [6, 6.07) is 4.66. The van der Waals surface area contributed by atoms with E-state index in [1.807, 2.05) is 0 Å². The summed E-state index contributed by atoms with van der Waals surface area (Å²) < 4.78 is 0. The first-order chi connectivity index (χ1) is 9.97. The SMILES string of the molecule is CC1CCCCN1CC(=O)Nc1cc(C(=O)O)ccc1Cl. The Kier molecular flexibility index (Phi) is 5.20. The number of amides is 1. The van der Waals surface area contributed by atoms with Crippen LogP contribution in [0.5, 0.6) is 0 Å². The molecule has 1 unspecified atom stereocenters. The predicted molar refractivity (Wildman–Crippen MR) is 81.9 cm³/mol. The molecule has 1 aliphatic heterocycles. The number of nitrogens with one attached hydrogen (secondary N) is 1. The molecule has 0 bridgehead atoms. The number of hydrogen-bond donors (Lipinski definition) is 2. The van der Waals surface area contributed by atoms with Crippen LogP contribution in [0.3, 0.4) is 0 Å². The second-order valence-electron chi connectivity index (χ2n) is 5.36. The van der Waals surface area contributed by atoms with Crippen LogP contribution < -0.4 is 5.32 Å². The molecule has 1 saturated heterocycles. The van der Waals surface area contributed by atoms with Gasteiger partial charge in [0.2, 0.25) is 5.91 Å². The number of nitrogens with zero attached hydrogens (tertiary/aromatic N) is 1. The quantitative estimate of drug-likeness (QED) is 0.897. The fourth-order valence-corrected chi connectivity index (χ4v) is 2.69. The monoisotopic (exact) mass is 310 g/mol. The second-order valence-corrected chi connectivity index (χ2v) is 5.77. The lowest BCUT2D eigenvalue weighted by molar-refractivity contribution is -0.118. The first-order valence-electron chi connectivity index (χ1n) is 7.04. The Bertz CT molecular complexity index is 548. The van der Waals surface area contributed by atoms with Crippen molar-refractivity contribution in [1.29, 1.82) is 0 Å². The molecular formula is C15H19ClN2O3. The molecule has 2 rings (SSSR count). The lowest BCUT2D eigenvalue weighted by atomic mass is 10.0. The first-order valence-corrected chi connectivity index (χ1v) is 7.42. The predicted octanol–water partition coefficient (Wildman–Crippen LogP) is 2.85. The van der Waals surface area contributed by atoms with E-state index >= 15 is 0 Å². The molecule has 1 heterocycles. The van der Waals surface area contributed by atoms with Crippen molar-refractivity contribution < 1.29 is 14.7 Å². The number of piperidine rings is 1. The van der Waals surface area contributed by atoms with E-state index in [-0.39, 0.29) is 11.5 Å². The van der Waals surface area contributed by atoms with Gasteiger partial charge < -0.3 is 10.4 Å². The van der Waals surface area contributed by atoms with Gasteiger partial charge in [0.1, 0.15) is 0 Å². The van der Waals surface area contributed by atoms with E-state index in [0.717, 1.165) is 19.4 Å². The highest BCUT2D eigenvalue weighted by Gasteiger charge is 2.21. The van der Waals surface area contributed by atoms with Gasteiger partial charge in [-0.05, 0) is 44.5 Å². The van der Waals surface area contributed by atoms with Crippen molar-refractivity contribution >= 4 is 29.2 Å². The minimum atomic E-state index is -1.05. The number of halogens is 1. The lowest BCUT2D eigenvalue weighted by Gasteiger charge is -2.32. The molecule has 6 heteroatoms. The van der Waals surface area contributed by atoms with Crippen LogP contribution in [0.25, 0.3) is 0 Å². The smallest absolute Gasteiger partial charge is 0.335 e. The van der Waals surface area contributed by atoms with Gasteiger partial charge in [-0.15, -0.1) is 0 Å². The summed E-state index contributed by atoms with van der Waals surface area (Å²) in [5.74, 6) is -1.22. The average molecular weight is 311 g/mol. The van der Waals surface area contributed by atoms with Crippen molar-refractivity contribution in [3.63, 3.8) is 0 Å². The molecule has 0 saturated carbocycles. The number of likely N-dealkylation sites (tertiary alicyclic amines) is 1. The van der Waals surface area contributed by atoms with Gasteiger partial charge in [-0.3, -0.25) is 9.69 Å². The second kappa shape index (κ2) is 6.91. The maximum Gasteiger partial charge on any atom is 0.335 e. The van der Waals surface area contributed by atoms with Crippen molar-refractivity contribution in [1.82, 2.24) is 4.90 Å². The third kappa shape index (κ3) is 4.19. The number of benzene rings is 1. The summed E-state index contributed by atoms with van der Waals surface area (Å²) in [6.07, 6.45) is 3.40. The van der Waals surface area contributed by atoms with Crippen molar-refractivity contribution in [2.24, 2.45) is 0 Å². The summed E-state index contributed by atoms with van der Waals surface area (Å²) in [7, 11) is 0. The Morgan fingerprint density at radius 2 is 2.19 bits per heavy atom. The maximum absolute atomic E-state index is 12.1. The molecule has 1 aromatic rings. The van der Waals surface area contributed by atoms with Crippen molar-refractivity contribution in [2.75, 3.05) is 18.4 Å². The van der Waals surface area contributed by atoms with Crippen LogP contribution in [0.2, 0.25) is 5.02 Å². The van der Waals surface area contributed by atoms with Crippen LogP contribution in [-0.4, -0.2) is 41.0 Å². The maximum atomic E-state index is 12.1. The summed E-state index contributed by atoms with van der Waals surface area (Å²) in [6.45, 7) is 3.33. The largest absolute Gasteiger partial charge is 0.478 e. The van der Waals surface area contributed by atoms with Gasteiger partial charge in [0.05, 0.1) is 22.8 Å². The van der Waals surface area contributed by atoms with Crippen LogP contribution in [0.15, 0.2) is 18.2 Å². The van der Waals surface area contributed by atoms with Gasteiger partial charge >= 0.3 is 5.97 Å². The minimum Gasteiger partial charge on any atom is -0.478 e. The molecular weight excluding hydrogens is 292 g/mol. The highest BCUT2D eigenvalue weighted by atomic mass is 35.5. The van der Waals surface area contributed by atoms with E-state index in [4.69, 9.17) is 16.7 Å². The van der Waals surface area contributed by atoms with Gasteiger partial charge in [-0.1, -0.05) is 18.0 Å². The van der Waals surface area contributed by atoms with Crippen molar-refractivity contribution in [2.45, 2.75) is 32.2 Å². The molecule has 114 valence electrons. The average Bonchev–Trinajstić information content (AvgIpc) is 2.43. The summed E-state index contributed by atoms with van der Waals surface area (Å²) in [5, 5.41) is 12.0. The molecule has 1 aliphatic rings. The Hall–Kier alpha value is -1.59. The molecule has 2 N–H and O–H groups in total. The highest BCUT2D eigenvalue weighted by Crippen LogP contribution is 2.23. The zero-order chi connectivity index (χ0) is 15.4. The number of carboxylic acid groups (broad SMARTS) is 1. The van der Waals surface area contributed by atoms with E-state index < -0.39 is 5.97 Å². The first kappa shape index (κ1) is 15.8. The van der Waals surface area contributed by atoms with Crippen molar-refractivity contribution in [3.8, 4) is 0 Å². The third-order valence-corrected chi connectivity index (χ3v) is 4.10. The number of rotatable bonds is 4. The summed E-state index contributed by atoms with van der Waals surface area (Å²) >= 11 is 6.00. The molecule has 1 amide bonds. The van der Waals surface area contributed by atoms with Gasteiger partial charge in [0, 0.05) is 6.04 Å². The van der Waals surface area contributed by atoms with E-state index in [9.17, 15) is 9.59 Å². The van der Waals surface area contributed by atoms with Crippen molar-refractivity contribution in [3.05, 3.63) is 28.8 Å². The Balaban J connectivity index is 2.02. The number of carbonyl (C=O) groups excluding carboxylic acids is 1. The van der Waals surface area contributed by atoms with Crippen LogP contribution in [-0.2, 0) is 4.79 Å². The van der Waals surface area contributed by atoms with Gasteiger partial charge in [-0.25, -0.2) is 4.79 Å². The molecule has 0 radical (unpaired) electrons. The Labute approximate surface area is 128 Å². The Morgan fingerprint density at radius 3 is 2.86 bits per heavy atom. The fourth-order valence-electron chi connectivity index (χ4n) is 2.52. The minimum absolute atomic E-state index is 0.0982. The Morgan fingerprint density at radius 1 is 1.43 bits per heavy atom. The van der Waals surface area contributed by atoms with Crippen LogP contribution in [0, 0.1) is 0 Å². The van der Waals surface area contributed by atoms with Crippen LogP contribution in [0.4, 0.5) is 5.69 Å². The van der Waals surface area contributed by atoms with Crippen LogP contribution >= 0.6 is 11.6 Å². The number of carbonyl (C=O) groups is 2. The molecule has 0 aliphatic carbocycles. The van der Waals surface area contributed by atoms with Gasteiger partial charge in [0.25, 0.3) is 0 Å². The molecule has 21 heavy (non-hydrogen) atoms. The number of hydrogen-bond acceptors (Lipinski definition) is 3. The molecule has 0 spiro atoms. The molecule has 1 atom stereocenters. The van der Waals surface area contributed by atoms with E-state index in [1.165, 1.54) is 24.6 Å². The lowest BCUT2D eigenvalue weighted by Crippen LogP contribution is -2.42. The summed E-state index contributed by atoms with van der Waals surface area (Å²) in [4.78, 5) is 25.2.